The summed E-state index contributed by atoms with van der Waals surface area (Å²) in [6.45, 7) is 2.30. The van der Waals surface area contributed by atoms with Crippen LogP contribution in [0.2, 0.25) is 0 Å². The summed E-state index contributed by atoms with van der Waals surface area (Å²) < 4.78 is 0. The number of benzene rings is 2. The Kier molecular flexibility index (Phi) is 4.60. The summed E-state index contributed by atoms with van der Waals surface area (Å²) in [5, 5.41) is 2.65. The van der Waals surface area contributed by atoms with Gasteiger partial charge in [0, 0.05) is 6.04 Å². The van der Waals surface area contributed by atoms with Crippen LogP contribution in [0.5, 0.6) is 0 Å². The average Bonchev–Trinajstić information content (AvgIpc) is 2.55. The van der Waals surface area contributed by atoms with Gasteiger partial charge in [-0.1, -0.05) is 75.1 Å². The van der Waals surface area contributed by atoms with Crippen LogP contribution < -0.4 is 5.73 Å². The van der Waals surface area contributed by atoms with Crippen molar-refractivity contribution in [2.24, 2.45) is 17.6 Å². The largest absolute Gasteiger partial charge is 0.324 e. The SMILES string of the molecule is CCCC1CCC(C(N)c2cccc3ccccc23)CC1. The minimum absolute atomic E-state index is 0.193. The van der Waals surface area contributed by atoms with Gasteiger partial charge < -0.3 is 5.73 Å². The van der Waals surface area contributed by atoms with E-state index in [0.29, 0.717) is 5.92 Å². The minimum Gasteiger partial charge on any atom is -0.324 e. The molecule has 1 nitrogen and oxygen atoms in total. The highest BCUT2D eigenvalue weighted by atomic mass is 14.7. The molecule has 21 heavy (non-hydrogen) atoms. The molecule has 1 heteroatoms. The summed E-state index contributed by atoms with van der Waals surface area (Å²) >= 11 is 0. The molecular weight excluding hydrogens is 254 g/mol. The first kappa shape index (κ1) is 14.6. The fourth-order valence-corrected chi connectivity index (χ4v) is 4.04. The first-order valence-electron chi connectivity index (χ1n) is 8.53. The highest BCUT2D eigenvalue weighted by Gasteiger charge is 2.26. The normalized spacial score (nSPS) is 24.1. The van der Waals surface area contributed by atoms with Gasteiger partial charge in [0.05, 0.1) is 0 Å². The van der Waals surface area contributed by atoms with E-state index in [-0.39, 0.29) is 6.04 Å². The molecule has 1 unspecified atom stereocenters. The predicted octanol–water partition coefficient (Wildman–Crippen LogP) is 5.45. The van der Waals surface area contributed by atoms with E-state index < -0.39 is 0 Å². The van der Waals surface area contributed by atoms with Gasteiger partial charge in [0.15, 0.2) is 0 Å². The second-order valence-corrected chi connectivity index (χ2v) is 6.66. The van der Waals surface area contributed by atoms with Gasteiger partial charge in [0.1, 0.15) is 0 Å². The second-order valence-electron chi connectivity index (χ2n) is 6.66. The van der Waals surface area contributed by atoms with Crippen LogP contribution in [0.25, 0.3) is 10.8 Å². The molecule has 2 N–H and O–H groups in total. The maximum Gasteiger partial charge on any atom is 0.0329 e. The van der Waals surface area contributed by atoms with E-state index in [2.05, 4.69) is 49.4 Å². The summed E-state index contributed by atoms with van der Waals surface area (Å²) in [7, 11) is 0. The van der Waals surface area contributed by atoms with Crippen molar-refractivity contribution in [3.8, 4) is 0 Å². The standard InChI is InChI=1S/C20H27N/c1-2-6-15-11-13-17(14-12-15)20(21)19-10-5-8-16-7-3-4-9-18(16)19/h3-5,7-10,15,17,20H,2,6,11-14,21H2,1H3. The zero-order valence-electron chi connectivity index (χ0n) is 13.1. The van der Waals surface area contributed by atoms with E-state index in [9.17, 15) is 0 Å². The van der Waals surface area contributed by atoms with Gasteiger partial charge in [0.25, 0.3) is 0 Å². The van der Waals surface area contributed by atoms with Gasteiger partial charge >= 0.3 is 0 Å². The van der Waals surface area contributed by atoms with Crippen LogP contribution in [0.15, 0.2) is 42.5 Å². The molecule has 1 aliphatic carbocycles. The van der Waals surface area contributed by atoms with Gasteiger partial charge in [0.2, 0.25) is 0 Å². The Labute approximate surface area is 128 Å². The van der Waals surface area contributed by atoms with Crippen LogP contribution in [-0.2, 0) is 0 Å². The number of nitrogens with two attached hydrogens (primary N) is 1. The number of hydrogen-bond donors (Lipinski definition) is 1. The lowest BCUT2D eigenvalue weighted by molar-refractivity contribution is 0.235. The number of hydrogen-bond acceptors (Lipinski definition) is 1. The molecule has 0 bridgehead atoms. The van der Waals surface area contributed by atoms with E-state index in [1.165, 1.54) is 54.9 Å². The summed E-state index contributed by atoms with van der Waals surface area (Å²) in [5.74, 6) is 1.61. The van der Waals surface area contributed by atoms with Crippen molar-refractivity contribution in [3.05, 3.63) is 48.0 Å². The Morgan fingerprint density at radius 2 is 1.71 bits per heavy atom. The van der Waals surface area contributed by atoms with Crippen molar-refractivity contribution < 1.29 is 0 Å². The fraction of sp³-hybridized carbons (Fsp3) is 0.500. The molecular formula is C20H27N. The Hall–Kier alpha value is -1.34. The van der Waals surface area contributed by atoms with Gasteiger partial charge in [-0.25, -0.2) is 0 Å². The summed E-state index contributed by atoms with van der Waals surface area (Å²) in [5.41, 5.74) is 8.00. The lowest BCUT2D eigenvalue weighted by Gasteiger charge is -2.32. The van der Waals surface area contributed by atoms with E-state index in [4.69, 9.17) is 5.73 Å². The molecule has 1 fully saturated rings. The van der Waals surface area contributed by atoms with Crippen molar-refractivity contribution in [2.45, 2.75) is 51.5 Å². The molecule has 0 radical (unpaired) electrons. The van der Waals surface area contributed by atoms with Crippen LogP contribution in [0.1, 0.15) is 57.1 Å². The van der Waals surface area contributed by atoms with E-state index >= 15 is 0 Å². The zero-order chi connectivity index (χ0) is 14.7. The molecule has 1 aliphatic rings. The van der Waals surface area contributed by atoms with Crippen LogP contribution in [0, 0.1) is 11.8 Å². The van der Waals surface area contributed by atoms with Gasteiger partial charge in [-0.3, -0.25) is 0 Å². The van der Waals surface area contributed by atoms with E-state index in [0.717, 1.165) is 5.92 Å². The zero-order valence-corrected chi connectivity index (χ0v) is 13.1. The monoisotopic (exact) mass is 281 g/mol. The maximum atomic E-state index is 6.66. The number of rotatable bonds is 4. The lowest BCUT2D eigenvalue weighted by Crippen LogP contribution is -2.26. The highest BCUT2D eigenvalue weighted by Crippen LogP contribution is 2.38. The minimum atomic E-state index is 0.193. The average molecular weight is 281 g/mol. The molecule has 112 valence electrons. The fourth-order valence-electron chi connectivity index (χ4n) is 4.04. The first-order valence-corrected chi connectivity index (χ1v) is 8.53. The van der Waals surface area contributed by atoms with Crippen molar-refractivity contribution in [2.75, 3.05) is 0 Å². The Morgan fingerprint density at radius 3 is 2.48 bits per heavy atom. The van der Waals surface area contributed by atoms with Crippen molar-refractivity contribution in [3.63, 3.8) is 0 Å². The molecule has 2 aromatic carbocycles. The van der Waals surface area contributed by atoms with Gasteiger partial charge in [-0.15, -0.1) is 0 Å². The lowest BCUT2D eigenvalue weighted by atomic mass is 9.75. The molecule has 0 saturated heterocycles. The third kappa shape index (κ3) is 3.13. The molecule has 3 rings (SSSR count). The van der Waals surface area contributed by atoms with Crippen molar-refractivity contribution >= 4 is 10.8 Å². The van der Waals surface area contributed by atoms with Gasteiger partial charge in [-0.2, -0.15) is 0 Å². The third-order valence-corrected chi connectivity index (χ3v) is 5.28. The van der Waals surface area contributed by atoms with Crippen LogP contribution in [-0.4, -0.2) is 0 Å². The highest BCUT2D eigenvalue weighted by molar-refractivity contribution is 5.86. The Bertz CT molecular complexity index is 576. The summed E-state index contributed by atoms with van der Waals surface area (Å²) in [4.78, 5) is 0. The summed E-state index contributed by atoms with van der Waals surface area (Å²) in [6.07, 6.45) is 8.07. The van der Waals surface area contributed by atoms with Crippen molar-refractivity contribution in [1.82, 2.24) is 0 Å². The Balaban J connectivity index is 1.77. The summed E-state index contributed by atoms with van der Waals surface area (Å²) in [6, 6.07) is 15.4. The number of fused-ring (bicyclic) bond motifs is 1. The topological polar surface area (TPSA) is 26.0 Å². The van der Waals surface area contributed by atoms with Crippen LogP contribution >= 0.6 is 0 Å². The molecule has 2 aromatic rings. The molecule has 1 atom stereocenters. The van der Waals surface area contributed by atoms with Gasteiger partial charge in [-0.05, 0) is 41.0 Å². The van der Waals surface area contributed by atoms with Crippen molar-refractivity contribution in [1.29, 1.82) is 0 Å². The van der Waals surface area contributed by atoms with Crippen LogP contribution in [0.3, 0.4) is 0 Å². The van der Waals surface area contributed by atoms with E-state index in [1.54, 1.807) is 0 Å². The molecule has 0 aliphatic heterocycles. The van der Waals surface area contributed by atoms with E-state index in [1.807, 2.05) is 0 Å². The molecule has 0 amide bonds. The molecule has 1 saturated carbocycles. The quantitative estimate of drug-likeness (QED) is 0.792. The predicted molar refractivity (Wildman–Crippen MR) is 91.2 cm³/mol. The first-order chi connectivity index (χ1) is 10.3. The van der Waals surface area contributed by atoms with Crippen LogP contribution in [0.4, 0.5) is 0 Å². The smallest absolute Gasteiger partial charge is 0.0329 e. The maximum absolute atomic E-state index is 6.66. The second kappa shape index (κ2) is 6.62. The third-order valence-electron chi connectivity index (χ3n) is 5.28. The Morgan fingerprint density at radius 1 is 1.00 bits per heavy atom. The molecule has 0 spiro atoms. The molecule has 0 heterocycles. The molecule has 0 aromatic heterocycles.